The van der Waals surface area contributed by atoms with Gasteiger partial charge in [-0.25, -0.2) is 4.79 Å². The molecular weight excluding hydrogens is 264 g/mol. The Morgan fingerprint density at radius 1 is 1.05 bits per heavy atom. The lowest BCUT2D eigenvalue weighted by atomic mass is 10.0. The van der Waals surface area contributed by atoms with E-state index >= 15 is 0 Å². The molecule has 0 aliphatic rings. The van der Waals surface area contributed by atoms with Crippen LogP contribution in [0.4, 0.5) is 4.79 Å². The fraction of sp³-hybridized carbons (Fsp3) is 0.611. The maximum Gasteiger partial charge on any atom is 0.506 e. The van der Waals surface area contributed by atoms with E-state index in [0.29, 0.717) is 0 Å². The lowest BCUT2D eigenvalue weighted by Gasteiger charge is -2.15. The van der Waals surface area contributed by atoms with Gasteiger partial charge in [-0.15, -0.1) is 0 Å². The number of unbranched alkanes of at least 4 members (excludes halogenated alkanes) is 4. The van der Waals surface area contributed by atoms with Crippen LogP contribution >= 0.6 is 0 Å². The quantitative estimate of drug-likeness (QED) is 0.437. The number of aryl methyl sites for hydroxylation is 1. The molecule has 1 N–H and O–H groups in total. The Bertz CT molecular complexity index is 375. The van der Waals surface area contributed by atoms with Crippen molar-refractivity contribution in [2.75, 3.05) is 0 Å². The molecule has 0 radical (unpaired) electrons. The second kappa shape index (κ2) is 11.2. The van der Waals surface area contributed by atoms with Crippen molar-refractivity contribution in [3.05, 3.63) is 35.9 Å². The number of ether oxygens (including phenoxy) is 1. The molecule has 0 fully saturated rings. The predicted molar refractivity (Wildman–Crippen MR) is 85.7 cm³/mol. The van der Waals surface area contributed by atoms with Crippen molar-refractivity contribution in [1.82, 2.24) is 0 Å². The molecule has 1 aromatic rings. The van der Waals surface area contributed by atoms with Crippen molar-refractivity contribution in [3.63, 3.8) is 0 Å². The number of carbonyl (C=O) groups is 1. The molecule has 0 saturated carbocycles. The van der Waals surface area contributed by atoms with Gasteiger partial charge in [0.05, 0.1) is 0 Å². The van der Waals surface area contributed by atoms with Gasteiger partial charge in [-0.1, -0.05) is 62.9 Å². The van der Waals surface area contributed by atoms with Crippen LogP contribution in [0.15, 0.2) is 30.3 Å². The third-order valence-electron chi connectivity index (χ3n) is 3.73. The number of benzene rings is 1. The first-order valence-electron chi connectivity index (χ1n) is 8.16. The number of hydrogen-bond acceptors (Lipinski definition) is 2. The molecule has 1 aromatic carbocycles. The normalized spacial score (nSPS) is 12.0. The lowest BCUT2D eigenvalue weighted by molar-refractivity contribution is 0.0425. The Labute approximate surface area is 128 Å². The van der Waals surface area contributed by atoms with Gasteiger partial charge >= 0.3 is 6.16 Å². The van der Waals surface area contributed by atoms with Gasteiger partial charge in [0.1, 0.15) is 6.10 Å². The zero-order valence-corrected chi connectivity index (χ0v) is 13.1. The highest BCUT2D eigenvalue weighted by Crippen LogP contribution is 2.15. The van der Waals surface area contributed by atoms with Crippen LogP contribution in [-0.4, -0.2) is 17.4 Å². The van der Waals surface area contributed by atoms with Gasteiger partial charge in [-0.3, -0.25) is 0 Å². The molecule has 21 heavy (non-hydrogen) atoms. The molecule has 0 saturated heterocycles. The molecule has 3 nitrogen and oxygen atoms in total. The molecule has 3 heteroatoms. The first-order chi connectivity index (χ1) is 10.2. The van der Waals surface area contributed by atoms with Gasteiger partial charge < -0.3 is 9.84 Å². The van der Waals surface area contributed by atoms with E-state index in [9.17, 15) is 4.79 Å². The average Bonchev–Trinajstić information content (AvgIpc) is 2.48. The van der Waals surface area contributed by atoms with Crippen LogP contribution in [0.25, 0.3) is 0 Å². The maximum absolute atomic E-state index is 10.6. The zero-order valence-electron chi connectivity index (χ0n) is 13.1. The molecule has 0 aromatic heterocycles. The molecule has 0 aliphatic carbocycles. The van der Waals surface area contributed by atoms with Gasteiger partial charge in [0.15, 0.2) is 0 Å². The Morgan fingerprint density at radius 2 is 1.71 bits per heavy atom. The fourth-order valence-corrected chi connectivity index (χ4v) is 2.54. The van der Waals surface area contributed by atoms with E-state index in [1.807, 2.05) is 6.07 Å². The summed E-state index contributed by atoms with van der Waals surface area (Å²) in [5.41, 5.74) is 1.40. The minimum absolute atomic E-state index is 0.114. The first kappa shape index (κ1) is 17.5. The largest absolute Gasteiger partial charge is 0.506 e. The molecular formula is C18H28O3. The SMILES string of the molecule is CCCCC(CCCCCCc1ccccc1)OC(=O)O. The summed E-state index contributed by atoms with van der Waals surface area (Å²) in [5.74, 6) is 0. The molecule has 1 rings (SSSR count). The molecule has 0 bridgehead atoms. The minimum atomic E-state index is -1.14. The summed E-state index contributed by atoms with van der Waals surface area (Å²) >= 11 is 0. The van der Waals surface area contributed by atoms with Crippen LogP contribution in [0.1, 0.15) is 63.9 Å². The van der Waals surface area contributed by atoms with Crippen molar-refractivity contribution in [2.45, 2.75) is 70.8 Å². The molecule has 0 amide bonds. The maximum atomic E-state index is 10.6. The Kier molecular flexibility index (Phi) is 9.34. The van der Waals surface area contributed by atoms with Crippen LogP contribution in [0.5, 0.6) is 0 Å². The molecule has 0 aliphatic heterocycles. The van der Waals surface area contributed by atoms with E-state index in [1.165, 1.54) is 18.4 Å². The van der Waals surface area contributed by atoms with Gasteiger partial charge in [0.25, 0.3) is 0 Å². The van der Waals surface area contributed by atoms with Gasteiger partial charge in [-0.2, -0.15) is 0 Å². The van der Waals surface area contributed by atoms with Crippen LogP contribution < -0.4 is 0 Å². The lowest BCUT2D eigenvalue weighted by Crippen LogP contribution is -2.16. The van der Waals surface area contributed by atoms with Gasteiger partial charge in [-0.05, 0) is 37.7 Å². The van der Waals surface area contributed by atoms with Crippen LogP contribution in [-0.2, 0) is 11.2 Å². The summed E-state index contributed by atoms with van der Waals surface area (Å²) in [7, 11) is 0. The van der Waals surface area contributed by atoms with E-state index in [4.69, 9.17) is 9.84 Å². The predicted octanol–water partition coefficient (Wildman–Crippen LogP) is 5.43. The number of carboxylic acid groups (broad SMARTS) is 1. The summed E-state index contributed by atoms with van der Waals surface area (Å²) < 4.78 is 4.94. The third-order valence-corrected chi connectivity index (χ3v) is 3.73. The van der Waals surface area contributed by atoms with Crippen molar-refractivity contribution < 1.29 is 14.6 Å². The van der Waals surface area contributed by atoms with Gasteiger partial charge in [0, 0.05) is 0 Å². The second-order valence-corrected chi connectivity index (χ2v) is 5.59. The van der Waals surface area contributed by atoms with Crippen molar-refractivity contribution >= 4 is 6.16 Å². The standard InChI is InChI=1S/C18H28O3/c1-2-3-14-17(21-18(19)20)15-10-5-4-7-11-16-12-8-6-9-13-16/h6,8-9,12-13,17H,2-5,7,10-11,14-15H2,1H3,(H,19,20). The van der Waals surface area contributed by atoms with Crippen molar-refractivity contribution in [1.29, 1.82) is 0 Å². The van der Waals surface area contributed by atoms with Crippen LogP contribution in [0, 0.1) is 0 Å². The average molecular weight is 292 g/mol. The van der Waals surface area contributed by atoms with E-state index in [2.05, 4.69) is 31.2 Å². The zero-order chi connectivity index (χ0) is 15.3. The Hall–Kier alpha value is -1.51. The summed E-state index contributed by atoms with van der Waals surface area (Å²) in [6, 6.07) is 10.5. The molecule has 1 atom stereocenters. The monoisotopic (exact) mass is 292 g/mol. The summed E-state index contributed by atoms with van der Waals surface area (Å²) in [6.45, 7) is 2.11. The smallest absolute Gasteiger partial charge is 0.450 e. The summed E-state index contributed by atoms with van der Waals surface area (Å²) in [5, 5.41) is 8.73. The Balaban J connectivity index is 2.08. The van der Waals surface area contributed by atoms with Crippen LogP contribution in [0.3, 0.4) is 0 Å². The number of hydrogen-bond donors (Lipinski definition) is 1. The van der Waals surface area contributed by atoms with Gasteiger partial charge in [0.2, 0.25) is 0 Å². The molecule has 118 valence electrons. The van der Waals surface area contributed by atoms with E-state index in [-0.39, 0.29) is 6.10 Å². The van der Waals surface area contributed by atoms with E-state index in [1.54, 1.807) is 0 Å². The molecule has 0 heterocycles. The number of rotatable bonds is 11. The summed E-state index contributed by atoms with van der Waals surface area (Å²) in [6.07, 6.45) is 8.30. The van der Waals surface area contributed by atoms with Crippen LogP contribution in [0.2, 0.25) is 0 Å². The summed E-state index contributed by atoms with van der Waals surface area (Å²) in [4.78, 5) is 10.6. The van der Waals surface area contributed by atoms with Crippen molar-refractivity contribution in [3.8, 4) is 0 Å². The second-order valence-electron chi connectivity index (χ2n) is 5.59. The third kappa shape index (κ3) is 9.11. The topological polar surface area (TPSA) is 46.5 Å². The minimum Gasteiger partial charge on any atom is -0.450 e. The molecule has 1 unspecified atom stereocenters. The van der Waals surface area contributed by atoms with E-state index in [0.717, 1.165) is 44.9 Å². The van der Waals surface area contributed by atoms with E-state index < -0.39 is 6.16 Å². The first-order valence-corrected chi connectivity index (χ1v) is 8.16. The highest BCUT2D eigenvalue weighted by Gasteiger charge is 2.12. The molecule has 0 spiro atoms. The highest BCUT2D eigenvalue weighted by atomic mass is 16.7. The highest BCUT2D eigenvalue weighted by molar-refractivity contribution is 5.57. The van der Waals surface area contributed by atoms with Crippen molar-refractivity contribution in [2.24, 2.45) is 0 Å². The Morgan fingerprint density at radius 3 is 2.38 bits per heavy atom. The fourth-order valence-electron chi connectivity index (χ4n) is 2.54.